The minimum atomic E-state index is -4.76. The van der Waals surface area contributed by atoms with E-state index in [0.717, 1.165) is 6.07 Å². The highest BCUT2D eigenvalue weighted by Crippen LogP contribution is 2.36. The smallest absolute Gasteiger partial charge is 0.404 e. The predicted molar refractivity (Wildman–Crippen MR) is 49.6 cm³/mol. The molecule has 0 saturated carbocycles. The molecule has 0 aliphatic carbocycles. The molecule has 0 saturated heterocycles. The minimum absolute atomic E-state index is 0.178. The van der Waals surface area contributed by atoms with Gasteiger partial charge in [-0.15, -0.1) is 13.2 Å². The number of halogens is 4. The first-order chi connectivity index (χ1) is 6.31. The highest BCUT2D eigenvalue weighted by Gasteiger charge is 2.32. The maximum atomic E-state index is 11.8. The minimum Gasteiger partial charge on any atom is -0.404 e. The van der Waals surface area contributed by atoms with Gasteiger partial charge in [0.05, 0.1) is 10.2 Å². The molecule has 14 heavy (non-hydrogen) atoms. The third kappa shape index (κ3) is 2.44. The first-order valence-electron chi connectivity index (χ1n) is 3.40. The van der Waals surface area contributed by atoms with Gasteiger partial charge in [0.2, 0.25) is 0 Å². The average Bonchev–Trinajstić information content (AvgIpc) is 2.04. The maximum absolute atomic E-state index is 11.8. The van der Waals surface area contributed by atoms with Crippen molar-refractivity contribution in [1.29, 1.82) is 0 Å². The SMILES string of the molecule is Nc1ccc(OC(F)(F)F)c(N)c1Br. The number of hydrogen-bond donors (Lipinski definition) is 2. The summed E-state index contributed by atoms with van der Waals surface area (Å²) in [6, 6.07) is 2.32. The number of hydrogen-bond acceptors (Lipinski definition) is 3. The van der Waals surface area contributed by atoms with Gasteiger partial charge < -0.3 is 16.2 Å². The summed E-state index contributed by atoms with van der Waals surface area (Å²) in [7, 11) is 0. The first kappa shape index (κ1) is 11.0. The lowest BCUT2D eigenvalue weighted by Gasteiger charge is -2.12. The van der Waals surface area contributed by atoms with Crippen LogP contribution in [0, 0.1) is 0 Å². The molecule has 78 valence electrons. The van der Waals surface area contributed by atoms with E-state index in [2.05, 4.69) is 20.7 Å². The predicted octanol–water partition coefficient (Wildman–Crippen LogP) is 2.51. The van der Waals surface area contributed by atoms with E-state index in [1.54, 1.807) is 0 Å². The molecule has 0 aromatic heterocycles. The lowest BCUT2D eigenvalue weighted by molar-refractivity contribution is -0.274. The van der Waals surface area contributed by atoms with Gasteiger partial charge in [-0.25, -0.2) is 0 Å². The van der Waals surface area contributed by atoms with Crippen molar-refractivity contribution in [3.63, 3.8) is 0 Å². The molecule has 0 aliphatic rings. The molecule has 0 bridgehead atoms. The van der Waals surface area contributed by atoms with Crippen molar-refractivity contribution in [1.82, 2.24) is 0 Å². The van der Waals surface area contributed by atoms with E-state index in [1.165, 1.54) is 6.07 Å². The Morgan fingerprint density at radius 2 is 1.79 bits per heavy atom. The average molecular weight is 271 g/mol. The van der Waals surface area contributed by atoms with E-state index in [0.29, 0.717) is 0 Å². The van der Waals surface area contributed by atoms with Crippen molar-refractivity contribution in [2.24, 2.45) is 0 Å². The summed E-state index contributed by atoms with van der Waals surface area (Å²) in [5.41, 5.74) is 10.8. The lowest BCUT2D eigenvalue weighted by Crippen LogP contribution is -2.18. The summed E-state index contributed by atoms with van der Waals surface area (Å²) in [6.45, 7) is 0. The van der Waals surface area contributed by atoms with Crippen LogP contribution in [0.25, 0.3) is 0 Å². The van der Waals surface area contributed by atoms with Gasteiger partial charge in [0.25, 0.3) is 0 Å². The fourth-order valence-corrected chi connectivity index (χ4v) is 1.13. The number of alkyl halides is 3. The van der Waals surface area contributed by atoms with Gasteiger partial charge >= 0.3 is 6.36 Å². The van der Waals surface area contributed by atoms with Crippen LogP contribution >= 0.6 is 15.9 Å². The second-order valence-corrected chi connectivity index (χ2v) is 3.22. The molecule has 0 atom stereocenters. The van der Waals surface area contributed by atoms with Crippen LogP contribution in [0.15, 0.2) is 16.6 Å². The summed E-state index contributed by atoms with van der Waals surface area (Å²) in [6.07, 6.45) is -4.76. The van der Waals surface area contributed by atoms with Crippen molar-refractivity contribution < 1.29 is 17.9 Å². The number of ether oxygens (including phenoxy) is 1. The van der Waals surface area contributed by atoms with E-state index < -0.39 is 12.1 Å². The van der Waals surface area contributed by atoms with Gasteiger partial charge in [-0.2, -0.15) is 0 Å². The molecule has 0 heterocycles. The Kier molecular flexibility index (Phi) is 2.79. The summed E-state index contributed by atoms with van der Waals surface area (Å²) in [5, 5.41) is 0. The quantitative estimate of drug-likeness (QED) is 0.771. The fraction of sp³-hybridized carbons (Fsp3) is 0.143. The summed E-state index contributed by atoms with van der Waals surface area (Å²) < 4.78 is 39.3. The van der Waals surface area contributed by atoms with Crippen LogP contribution in [-0.4, -0.2) is 6.36 Å². The van der Waals surface area contributed by atoms with E-state index in [1.807, 2.05) is 0 Å². The van der Waals surface area contributed by atoms with Crippen LogP contribution in [0.4, 0.5) is 24.5 Å². The van der Waals surface area contributed by atoms with Gasteiger partial charge in [-0.05, 0) is 28.1 Å². The molecule has 1 aromatic rings. The summed E-state index contributed by atoms with van der Waals surface area (Å²) in [5.74, 6) is -0.474. The molecule has 0 fully saturated rings. The van der Waals surface area contributed by atoms with Crippen LogP contribution in [-0.2, 0) is 0 Å². The molecule has 0 radical (unpaired) electrons. The van der Waals surface area contributed by atoms with Crippen LogP contribution < -0.4 is 16.2 Å². The Hall–Kier alpha value is -1.11. The molecule has 3 nitrogen and oxygen atoms in total. The van der Waals surface area contributed by atoms with Gasteiger partial charge in [0, 0.05) is 5.69 Å². The Morgan fingerprint density at radius 3 is 2.29 bits per heavy atom. The van der Waals surface area contributed by atoms with Crippen molar-refractivity contribution in [2.75, 3.05) is 11.5 Å². The highest BCUT2D eigenvalue weighted by molar-refractivity contribution is 9.10. The van der Waals surface area contributed by atoms with Crippen LogP contribution in [0.3, 0.4) is 0 Å². The first-order valence-corrected chi connectivity index (χ1v) is 4.20. The second-order valence-electron chi connectivity index (χ2n) is 2.43. The van der Waals surface area contributed by atoms with Gasteiger partial charge in [0.15, 0.2) is 5.75 Å². The largest absolute Gasteiger partial charge is 0.573 e. The van der Waals surface area contributed by atoms with E-state index in [-0.39, 0.29) is 15.8 Å². The third-order valence-corrected chi connectivity index (χ3v) is 2.28. The molecular weight excluding hydrogens is 265 g/mol. The lowest BCUT2D eigenvalue weighted by atomic mass is 10.2. The Morgan fingerprint density at radius 1 is 1.21 bits per heavy atom. The molecule has 0 aliphatic heterocycles. The van der Waals surface area contributed by atoms with Gasteiger partial charge in [-0.1, -0.05) is 0 Å². The summed E-state index contributed by atoms with van der Waals surface area (Å²) >= 11 is 2.94. The van der Waals surface area contributed by atoms with Crippen molar-refractivity contribution >= 4 is 27.3 Å². The molecule has 4 N–H and O–H groups in total. The fourth-order valence-electron chi connectivity index (χ4n) is 0.806. The van der Waals surface area contributed by atoms with Gasteiger partial charge in [0.1, 0.15) is 0 Å². The number of nitrogens with two attached hydrogens (primary N) is 2. The number of benzene rings is 1. The summed E-state index contributed by atoms with van der Waals surface area (Å²) in [4.78, 5) is 0. The van der Waals surface area contributed by atoms with E-state index >= 15 is 0 Å². The Bertz CT molecular complexity index is 354. The van der Waals surface area contributed by atoms with Crippen molar-refractivity contribution in [3.8, 4) is 5.75 Å². The normalized spacial score (nSPS) is 11.4. The zero-order valence-corrected chi connectivity index (χ0v) is 8.32. The molecular formula is C7H6BrF3N2O. The molecule has 0 unspecified atom stereocenters. The van der Waals surface area contributed by atoms with Crippen LogP contribution in [0.2, 0.25) is 0 Å². The number of anilines is 2. The van der Waals surface area contributed by atoms with E-state index in [9.17, 15) is 13.2 Å². The standard InChI is InChI=1S/C7H6BrF3N2O/c8-5-3(12)1-2-4(6(5)13)14-7(9,10)11/h1-2H,12-13H2. The molecule has 1 aromatic carbocycles. The zero-order chi connectivity index (χ0) is 10.9. The van der Waals surface area contributed by atoms with Crippen LogP contribution in [0.1, 0.15) is 0 Å². The van der Waals surface area contributed by atoms with Crippen LogP contribution in [0.5, 0.6) is 5.75 Å². The Labute approximate surface area is 86.0 Å². The molecule has 0 spiro atoms. The Balaban J connectivity index is 3.06. The van der Waals surface area contributed by atoms with E-state index in [4.69, 9.17) is 11.5 Å². The number of rotatable bonds is 1. The van der Waals surface area contributed by atoms with Crippen molar-refractivity contribution in [2.45, 2.75) is 6.36 Å². The molecule has 7 heteroatoms. The van der Waals surface area contributed by atoms with Crippen molar-refractivity contribution in [3.05, 3.63) is 16.6 Å². The third-order valence-electron chi connectivity index (χ3n) is 1.40. The highest BCUT2D eigenvalue weighted by atomic mass is 79.9. The molecule has 1 rings (SSSR count). The monoisotopic (exact) mass is 270 g/mol. The van der Waals surface area contributed by atoms with Gasteiger partial charge in [-0.3, -0.25) is 0 Å². The number of nitrogen functional groups attached to an aromatic ring is 2. The maximum Gasteiger partial charge on any atom is 0.573 e. The zero-order valence-electron chi connectivity index (χ0n) is 6.73. The topological polar surface area (TPSA) is 61.3 Å². The molecule has 0 amide bonds. The second kappa shape index (κ2) is 3.56.